The number of hydrogen-bond acceptors (Lipinski definition) is 4. The van der Waals surface area contributed by atoms with E-state index in [1.165, 1.54) is 18.5 Å². The van der Waals surface area contributed by atoms with Crippen LogP contribution in [0.5, 0.6) is 0 Å². The zero-order chi connectivity index (χ0) is 13.7. The Bertz CT molecular complexity index is 448. The van der Waals surface area contributed by atoms with Crippen LogP contribution in [-0.2, 0) is 4.79 Å². The van der Waals surface area contributed by atoms with E-state index < -0.39 is 5.97 Å². The van der Waals surface area contributed by atoms with Crippen LogP contribution in [-0.4, -0.2) is 42.6 Å². The van der Waals surface area contributed by atoms with E-state index in [0.29, 0.717) is 12.2 Å². The average Bonchev–Trinajstić information content (AvgIpc) is 2.37. The van der Waals surface area contributed by atoms with Gasteiger partial charge in [0.1, 0.15) is 0 Å². The Morgan fingerprint density at radius 2 is 2.22 bits per heavy atom. The third-order valence-electron chi connectivity index (χ3n) is 2.68. The van der Waals surface area contributed by atoms with Crippen molar-refractivity contribution in [2.45, 2.75) is 6.92 Å². The highest BCUT2D eigenvalue weighted by atomic mass is 16.4. The maximum atomic E-state index is 11.4. The van der Waals surface area contributed by atoms with E-state index in [4.69, 9.17) is 5.11 Å². The van der Waals surface area contributed by atoms with Gasteiger partial charge in [-0.15, -0.1) is 0 Å². The van der Waals surface area contributed by atoms with Crippen LogP contribution >= 0.6 is 0 Å². The molecule has 0 aliphatic carbocycles. The number of hydrogen-bond donors (Lipinski definition) is 2. The largest absolute Gasteiger partial charge is 0.478 e. The van der Waals surface area contributed by atoms with Crippen LogP contribution in [0.3, 0.4) is 0 Å². The molecule has 0 spiro atoms. The number of carbonyl (C=O) groups excluding carboxylic acids is 1. The van der Waals surface area contributed by atoms with Crippen molar-refractivity contribution in [1.29, 1.82) is 0 Å². The fourth-order valence-corrected chi connectivity index (χ4v) is 1.71. The number of anilines is 1. The number of pyridine rings is 1. The third kappa shape index (κ3) is 3.19. The second-order valence-corrected chi connectivity index (χ2v) is 4.09. The average molecular weight is 251 g/mol. The van der Waals surface area contributed by atoms with Crippen molar-refractivity contribution in [3.8, 4) is 0 Å². The van der Waals surface area contributed by atoms with Gasteiger partial charge < -0.3 is 15.3 Å². The monoisotopic (exact) mass is 251 g/mol. The fraction of sp³-hybridized carbons (Fsp3) is 0.417. The van der Waals surface area contributed by atoms with Gasteiger partial charge in [-0.25, -0.2) is 4.79 Å². The van der Waals surface area contributed by atoms with E-state index in [2.05, 4.69) is 10.3 Å². The number of aromatic carboxylic acids is 1. The highest BCUT2D eigenvalue weighted by Crippen LogP contribution is 2.18. The van der Waals surface area contributed by atoms with Crippen molar-refractivity contribution in [2.75, 3.05) is 25.5 Å². The molecule has 6 nitrogen and oxygen atoms in total. The van der Waals surface area contributed by atoms with Crippen LogP contribution in [0, 0.1) is 5.92 Å². The highest BCUT2D eigenvalue weighted by molar-refractivity contribution is 5.94. The molecule has 1 aromatic heterocycles. The molecule has 0 aliphatic heterocycles. The van der Waals surface area contributed by atoms with E-state index in [9.17, 15) is 9.59 Å². The summed E-state index contributed by atoms with van der Waals surface area (Å²) in [6.45, 7) is 2.21. The lowest BCUT2D eigenvalue weighted by Gasteiger charge is -2.23. The van der Waals surface area contributed by atoms with E-state index in [1.807, 2.05) is 0 Å². The molecule has 0 bridgehead atoms. The van der Waals surface area contributed by atoms with Gasteiger partial charge in [0, 0.05) is 26.8 Å². The summed E-state index contributed by atoms with van der Waals surface area (Å²) in [6, 6.07) is 1.44. The van der Waals surface area contributed by atoms with Crippen LogP contribution in [0.25, 0.3) is 0 Å². The number of carbonyl (C=O) groups is 2. The number of rotatable bonds is 5. The Morgan fingerprint density at radius 1 is 1.56 bits per heavy atom. The smallest absolute Gasteiger partial charge is 0.337 e. The molecule has 1 amide bonds. The fourth-order valence-electron chi connectivity index (χ4n) is 1.71. The van der Waals surface area contributed by atoms with Gasteiger partial charge >= 0.3 is 5.97 Å². The zero-order valence-electron chi connectivity index (χ0n) is 10.7. The van der Waals surface area contributed by atoms with Crippen LogP contribution in [0.1, 0.15) is 17.3 Å². The van der Waals surface area contributed by atoms with Crippen LogP contribution in [0.4, 0.5) is 5.69 Å². The van der Waals surface area contributed by atoms with Crippen LogP contribution in [0.2, 0.25) is 0 Å². The maximum Gasteiger partial charge on any atom is 0.337 e. The molecule has 18 heavy (non-hydrogen) atoms. The van der Waals surface area contributed by atoms with Gasteiger partial charge in [0.15, 0.2) is 0 Å². The van der Waals surface area contributed by atoms with Crippen LogP contribution < -0.4 is 10.2 Å². The maximum absolute atomic E-state index is 11.4. The molecule has 0 fully saturated rings. The molecule has 0 saturated heterocycles. The summed E-state index contributed by atoms with van der Waals surface area (Å²) >= 11 is 0. The summed E-state index contributed by atoms with van der Waals surface area (Å²) in [4.78, 5) is 28.1. The lowest BCUT2D eigenvalue weighted by atomic mass is 10.1. The Labute approximate surface area is 106 Å². The van der Waals surface area contributed by atoms with Gasteiger partial charge in [-0.3, -0.25) is 9.78 Å². The van der Waals surface area contributed by atoms with Gasteiger partial charge in [-0.05, 0) is 6.07 Å². The first kappa shape index (κ1) is 14.0. The van der Waals surface area contributed by atoms with E-state index >= 15 is 0 Å². The molecule has 2 N–H and O–H groups in total. The van der Waals surface area contributed by atoms with Crippen molar-refractivity contribution in [3.05, 3.63) is 24.0 Å². The first-order valence-corrected chi connectivity index (χ1v) is 5.57. The lowest BCUT2D eigenvalue weighted by molar-refractivity contribution is -0.123. The molecule has 0 radical (unpaired) electrons. The molecule has 1 unspecified atom stereocenters. The molecule has 1 rings (SSSR count). The number of nitrogens with zero attached hydrogens (tertiary/aromatic N) is 2. The number of amides is 1. The SMILES string of the molecule is CNC(=O)C(C)CN(C)c1cnccc1C(=O)O. The Kier molecular flexibility index (Phi) is 4.65. The number of aromatic nitrogens is 1. The van der Waals surface area contributed by atoms with E-state index in [-0.39, 0.29) is 17.4 Å². The van der Waals surface area contributed by atoms with E-state index in [0.717, 1.165) is 0 Å². The minimum absolute atomic E-state index is 0.0809. The van der Waals surface area contributed by atoms with Crippen molar-refractivity contribution in [3.63, 3.8) is 0 Å². The molecule has 1 heterocycles. The van der Waals surface area contributed by atoms with Crippen molar-refractivity contribution in [2.24, 2.45) is 5.92 Å². The normalized spacial score (nSPS) is 11.7. The Balaban J connectivity index is 2.87. The zero-order valence-corrected chi connectivity index (χ0v) is 10.7. The summed E-state index contributed by atoms with van der Waals surface area (Å²) in [5, 5.41) is 11.6. The highest BCUT2D eigenvalue weighted by Gasteiger charge is 2.18. The molecular weight excluding hydrogens is 234 g/mol. The minimum atomic E-state index is -1.01. The second kappa shape index (κ2) is 6.00. The Hall–Kier alpha value is -2.11. The molecule has 0 saturated carbocycles. The molecule has 6 heteroatoms. The number of carboxylic acids is 1. The van der Waals surface area contributed by atoms with Gasteiger partial charge in [-0.1, -0.05) is 6.92 Å². The van der Waals surface area contributed by atoms with Crippen molar-refractivity contribution >= 4 is 17.6 Å². The molecule has 1 aromatic rings. The Morgan fingerprint density at radius 3 is 2.78 bits per heavy atom. The van der Waals surface area contributed by atoms with Gasteiger partial charge in [-0.2, -0.15) is 0 Å². The van der Waals surface area contributed by atoms with Crippen LogP contribution in [0.15, 0.2) is 18.5 Å². The predicted molar refractivity (Wildman–Crippen MR) is 67.7 cm³/mol. The second-order valence-electron chi connectivity index (χ2n) is 4.09. The van der Waals surface area contributed by atoms with Crippen molar-refractivity contribution < 1.29 is 14.7 Å². The molecule has 0 aromatic carbocycles. The summed E-state index contributed by atoms with van der Waals surface area (Å²) in [6.07, 6.45) is 2.92. The summed E-state index contributed by atoms with van der Waals surface area (Å²) < 4.78 is 0. The first-order chi connectivity index (χ1) is 8.47. The van der Waals surface area contributed by atoms with E-state index in [1.54, 1.807) is 25.9 Å². The number of carboxylic acid groups (broad SMARTS) is 1. The minimum Gasteiger partial charge on any atom is -0.478 e. The summed E-state index contributed by atoms with van der Waals surface area (Å²) in [5.41, 5.74) is 0.678. The molecular formula is C12H17N3O3. The van der Waals surface area contributed by atoms with Gasteiger partial charge in [0.2, 0.25) is 5.91 Å². The van der Waals surface area contributed by atoms with Gasteiger partial charge in [0.05, 0.1) is 23.4 Å². The molecule has 98 valence electrons. The van der Waals surface area contributed by atoms with Crippen molar-refractivity contribution in [1.82, 2.24) is 10.3 Å². The topological polar surface area (TPSA) is 82.5 Å². The van der Waals surface area contributed by atoms with Gasteiger partial charge in [0.25, 0.3) is 0 Å². The standard InChI is InChI=1S/C12H17N3O3/c1-8(11(16)13-2)7-15(3)10-6-14-5-4-9(10)12(17)18/h4-6,8H,7H2,1-3H3,(H,13,16)(H,17,18). The lowest BCUT2D eigenvalue weighted by Crippen LogP contribution is -2.35. The summed E-state index contributed by atoms with van der Waals surface area (Å²) in [7, 11) is 3.31. The molecule has 0 aliphatic rings. The predicted octanol–water partition coefficient (Wildman–Crippen LogP) is 0.598. The quantitative estimate of drug-likeness (QED) is 0.800. The number of nitrogens with one attached hydrogen (secondary N) is 1. The summed E-state index contributed by atoms with van der Waals surface area (Å²) in [5.74, 6) is -1.32. The third-order valence-corrected chi connectivity index (χ3v) is 2.68. The molecule has 1 atom stereocenters. The first-order valence-electron chi connectivity index (χ1n) is 5.57.